The minimum absolute atomic E-state index is 0.0514. The molecule has 0 aromatic carbocycles. The zero-order chi connectivity index (χ0) is 16.5. The summed E-state index contributed by atoms with van der Waals surface area (Å²) in [5, 5.41) is 0. The quantitative estimate of drug-likeness (QED) is 0.723. The van der Waals surface area contributed by atoms with Gasteiger partial charge in [-0.2, -0.15) is 0 Å². The monoisotopic (exact) mass is 328 g/mol. The lowest BCUT2D eigenvalue weighted by atomic mass is 9.46. The Morgan fingerprint density at radius 1 is 1.08 bits per heavy atom. The molecule has 0 radical (unpaired) electrons. The Morgan fingerprint density at radius 3 is 2.71 bits per heavy atom. The summed E-state index contributed by atoms with van der Waals surface area (Å²) in [5.74, 6) is 2.77. The fourth-order valence-electron chi connectivity index (χ4n) is 7.11. The summed E-state index contributed by atoms with van der Waals surface area (Å²) in [6, 6.07) is 0. The number of ketones is 2. The summed E-state index contributed by atoms with van der Waals surface area (Å²) >= 11 is 0. The van der Waals surface area contributed by atoms with Crippen LogP contribution in [0.4, 0.5) is 0 Å². The fourth-order valence-corrected chi connectivity index (χ4v) is 7.11. The Morgan fingerprint density at radius 2 is 1.92 bits per heavy atom. The lowest BCUT2D eigenvalue weighted by Crippen LogP contribution is -2.52. The highest BCUT2D eigenvalue weighted by Crippen LogP contribution is 2.66. The van der Waals surface area contributed by atoms with E-state index in [4.69, 9.17) is 4.74 Å². The number of epoxide rings is 1. The molecule has 24 heavy (non-hydrogen) atoms. The predicted molar refractivity (Wildman–Crippen MR) is 90.4 cm³/mol. The highest BCUT2D eigenvalue weighted by atomic mass is 16.6. The summed E-state index contributed by atoms with van der Waals surface area (Å²) < 4.78 is 5.62. The molecule has 5 aliphatic rings. The number of rotatable bonds is 2. The smallest absolute Gasteiger partial charge is 0.155 e. The lowest BCUT2D eigenvalue weighted by molar-refractivity contribution is -0.133. The predicted octanol–water partition coefficient (Wildman–Crippen LogP) is 3.86. The van der Waals surface area contributed by atoms with Crippen molar-refractivity contribution in [1.29, 1.82) is 0 Å². The summed E-state index contributed by atoms with van der Waals surface area (Å²) in [4.78, 5) is 24.6. The second-order valence-corrected chi connectivity index (χ2v) is 9.29. The van der Waals surface area contributed by atoms with Gasteiger partial charge in [-0.15, -0.1) is 0 Å². The third-order valence-corrected chi connectivity index (χ3v) is 8.39. The van der Waals surface area contributed by atoms with Gasteiger partial charge in [0.1, 0.15) is 5.78 Å². The summed E-state index contributed by atoms with van der Waals surface area (Å²) in [5.41, 5.74) is 1.58. The van der Waals surface area contributed by atoms with Crippen molar-refractivity contribution in [1.82, 2.24) is 0 Å². The van der Waals surface area contributed by atoms with Crippen LogP contribution >= 0.6 is 0 Å². The number of hydrogen-bond acceptors (Lipinski definition) is 3. The van der Waals surface area contributed by atoms with E-state index in [1.54, 1.807) is 0 Å². The number of fused-ring (bicyclic) bond motifs is 5. The number of ether oxygens (including phenoxy) is 1. The normalized spacial score (nSPS) is 50.0. The van der Waals surface area contributed by atoms with Gasteiger partial charge in [0, 0.05) is 18.3 Å². The largest absolute Gasteiger partial charge is 0.373 e. The van der Waals surface area contributed by atoms with E-state index in [1.807, 2.05) is 6.08 Å². The zero-order valence-corrected chi connectivity index (χ0v) is 14.7. The zero-order valence-electron chi connectivity index (χ0n) is 14.7. The minimum atomic E-state index is -0.0514. The Balaban J connectivity index is 1.54. The first-order valence-corrected chi connectivity index (χ1v) is 9.92. The van der Waals surface area contributed by atoms with E-state index < -0.39 is 0 Å². The molecule has 6 atom stereocenters. The van der Waals surface area contributed by atoms with Crippen molar-refractivity contribution in [3.63, 3.8) is 0 Å². The summed E-state index contributed by atoms with van der Waals surface area (Å²) in [6.07, 6.45) is 11.6. The molecule has 0 N–H and O–H groups in total. The molecular formula is C21H28O3. The maximum atomic E-state index is 12.5. The fraction of sp³-hybridized carbons (Fsp3) is 0.810. The van der Waals surface area contributed by atoms with Crippen molar-refractivity contribution in [2.24, 2.45) is 28.6 Å². The number of hydrogen-bond donors (Lipinski definition) is 0. The Bertz CT molecular complexity index is 631. The molecule has 1 heterocycles. The molecule has 0 amide bonds. The number of carbonyl (C=O) groups is 2. The van der Waals surface area contributed by atoms with Crippen LogP contribution in [0.5, 0.6) is 0 Å². The summed E-state index contributed by atoms with van der Waals surface area (Å²) in [6.45, 7) is 3.15. The van der Waals surface area contributed by atoms with Crippen molar-refractivity contribution in [2.45, 2.75) is 70.8 Å². The SMILES string of the molecule is C[C@]12CC[C@H]3[C@@H](CCC4=CC(=O)CC[C@@]43C[C@H]3CO3)[C@@H]1CCC2=O. The average Bonchev–Trinajstić information content (AvgIpc) is 3.32. The molecule has 3 saturated carbocycles. The van der Waals surface area contributed by atoms with E-state index in [9.17, 15) is 9.59 Å². The standard InChI is InChI=1S/C21H28O3/c1-20-8-7-18-16(17(20)4-5-19(20)23)3-2-13-10-14(22)6-9-21(13,18)11-15-12-24-15/h10,15-18H,2-9,11-12H2,1H3/t15-,16-,17-,18-,20-,21+/m0/s1. The second kappa shape index (κ2) is 5.03. The molecule has 3 nitrogen and oxygen atoms in total. The molecule has 0 bridgehead atoms. The van der Waals surface area contributed by atoms with E-state index in [1.165, 1.54) is 18.4 Å². The summed E-state index contributed by atoms with van der Waals surface area (Å²) in [7, 11) is 0. The molecule has 3 heteroatoms. The molecule has 130 valence electrons. The maximum Gasteiger partial charge on any atom is 0.155 e. The van der Waals surface area contributed by atoms with Gasteiger partial charge in [-0.3, -0.25) is 9.59 Å². The van der Waals surface area contributed by atoms with Crippen LogP contribution in [-0.4, -0.2) is 24.3 Å². The van der Waals surface area contributed by atoms with Gasteiger partial charge in [0.25, 0.3) is 0 Å². The molecule has 5 rings (SSSR count). The van der Waals surface area contributed by atoms with E-state index in [2.05, 4.69) is 6.92 Å². The van der Waals surface area contributed by atoms with Gasteiger partial charge >= 0.3 is 0 Å². The topological polar surface area (TPSA) is 46.7 Å². The van der Waals surface area contributed by atoms with Gasteiger partial charge in [0.15, 0.2) is 5.78 Å². The molecule has 0 unspecified atom stereocenters. The van der Waals surface area contributed by atoms with Crippen molar-refractivity contribution in [3.05, 3.63) is 11.6 Å². The number of allylic oxidation sites excluding steroid dienone is 1. The minimum Gasteiger partial charge on any atom is -0.373 e. The first-order valence-electron chi connectivity index (χ1n) is 9.92. The van der Waals surface area contributed by atoms with Gasteiger partial charge in [-0.1, -0.05) is 12.5 Å². The average molecular weight is 328 g/mol. The highest BCUT2D eigenvalue weighted by Gasteiger charge is 2.60. The number of carbonyl (C=O) groups excluding carboxylic acids is 2. The van der Waals surface area contributed by atoms with Gasteiger partial charge in [-0.25, -0.2) is 0 Å². The van der Waals surface area contributed by atoms with Crippen molar-refractivity contribution < 1.29 is 14.3 Å². The molecule has 4 aliphatic carbocycles. The molecule has 0 spiro atoms. The van der Waals surface area contributed by atoms with Crippen molar-refractivity contribution >= 4 is 11.6 Å². The van der Waals surface area contributed by atoms with Crippen LogP contribution in [0.15, 0.2) is 11.6 Å². The van der Waals surface area contributed by atoms with Crippen molar-refractivity contribution in [3.8, 4) is 0 Å². The van der Waals surface area contributed by atoms with Crippen LogP contribution in [0.25, 0.3) is 0 Å². The van der Waals surface area contributed by atoms with Gasteiger partial charge < -0.3 is 4.74 Å². The Labute approximate surface area is 144 Å². The molecule has 4 fully saturated rings. The first kappa shape index (κ1) is 15.3. The van der Waals surface area contributed by atoms with E-state index >= 15 is 0 Å². The molecule has 1 aliphatic heterocycles. The van der Waals surface area contributed by atoms with Gasteiger partial charge in [0.05, 0.1) is 12.7 Å². The Kier molecular flexibility index (Phi) is 3.21. The van der Waals surface area contributed by atoms with Crippen molar-refractivity contribution in [2.75, 3.05) is 6.61 Å². The lowest BCUT2D eigenvalue weighted by Gasteiger charge is -2.58. The first-order chi connectivity index (χ1) is 11.5. The van der Waals surface area contributed by atoms with Gasteiger partial charge in [0.2, 0.25) is 0 Å². The Hall–Kier alpha value is -0.960. The van der Waals surface area contributed by atoms with E-state index in [-0.39, 0.29) is 10.8 Å². The van der Waals surface area contributed by atoms with Gasteiger partial charge in [-0.05, 0) is 74.2 Å². The molecule has 1 saturated heterocycles. The van der Waals surface area contributed by atoms with Crippen LogP contribution in [0.3, 0.4) is 0 Å². The molecule has 0 aromatic rings. The third-order valence-electron chi connectivity index (χ3n) is 8.39. The van der Waals surface area contributed by atoms with Crippen LogP contribution in [0, 0.1) is 28.6 Å². The van der Waals surface area contributed by atoms with Crippen LogP contribution in [-0.2, 0) is 14.3 Å². The maximum absolute atomic E-state index is 12.5. The third kappa shape index (κ3) is 2.00. The van der Waals surface area contributed by atoms with E-state index in [0.29, 0.717) is 41.8 Å². The molecular weight excluding hydrogens is 300 g/mol. The van der Waals surface area contributed by atoms with Crippen LogP contribution in [0.1, 0.15) is 64.7 Å². The molecule has 0 aromatic heterocycles. The van der Waals surface area contributed by atoms with E-state index in [0.717, 1.165) is 45.1 Å². The second-order valence-electron chi connectivity index (χ2n) is 9.29. The highest BCUT2D eigenvalue weighted by molar-refractivity contribution is 5.91. The van der Waals surface area contributed by atoms with Crippen LogP contribution < -0.4 is 0 Å². The number of Topliss-reactive ketones (excluding diaryl/α,β-unsaturated/α-hetero) is 1. The van der Waals surface area contributed by atoms with Crippen LogP contribution in [0.2, 0.25) is 0 Å².